The molecule has 0 aliphatic rings. The van der Waals surface area contributed by atoms with E-state index in [1.54, 1.807) is 26.0 Å². The van der Waals surface area contributed by atoms with Gasteiger partial charge in [0, 0.05) is 6.54 Å². The molecule has 7 nitrogen and oxygen atoms in total. The molecule has 0 unspecified atom stereocenters. The van der Waals surface area contributed by atoms with Gasteiger partial charge in [-0.3, -0.25) is 13.9 Å². The van der Waals surface area contributed by atoms with Gasteiger partial charge < -0.3 is 9.84 Å². The van der Waals surface area contributed by atoms with E-state index >= 15 is 0 Å². The molecule has 3 rings (SSSR count). The number of aromatic nitrogens is 2. The Hall–Kier alpha value is -2.78. The van der Waals surface area contributed by atoms with Gasteiger partial charge in [0.15, 0.2) is 0 Å². The molecule has 0 spiro atoms. The number of carbonyl (C=O) groups is 1. The summed E-state index contributed by atoms with van der Waals surface area (Å²) in [5.41, 5.74) is 0.178. The predicted octanol–water partition coefficient (Wildman–Crippen LogP) is 2.08. The molecule has 0 aliphatic carbocycles. The Bertz CT molecular complexity index is 1160. The number of esters is 1. The smallest absolute Gasteiger partial charge is 0.348 e. The molecule has 154 valence electrons. The third-order valence-electron chi connectivity index (χ3n) is 4.62. The number of hydrogen-bond donors (Lipinski definition) is 1. The molecule has 9 heteroatoms. The predicted molar refractivity (Wildman–Crippen MR) is 108 cm³/mol. The highest BCUT2D eigenvalue weighted by Crippen LogP contribution is 2.28. The Balaban J connectivity index is 2.16. The Morgan fingerprint density at radius 3 is 2.48 bits per heavy atom. The largest absolute Gasteiger partial charge is 0.462 e. The number of aryl methyl sites for hydroxylation is 3. The van der Waals surface area contributed by atoms with Gasteiger partial charge in [0.05, 0.1) is 25.1 Å². The van der Waals surface area contributed by atoms with Crippen molar-refractivity contribution in [3.05, 3.63) is 66.9 Å². The van der Waals surface area contributed by atoms with Gasteiger partial charge >= 0.3 is 11.7 Å². The number of carbonyl (C=O) groups excluding carboxylic acids is 1. The summed E-state index contributed by atoms with van der Waals surface area (Å²) >= 11 is 1.04. The van der Waals surface area contributed by atoms with Crippen LogP contribution >= 0.6 is 11.3 Å². The van der Waals surface area contributed by atoms with Gasteiger partial charge in [-0.05, 0) is 43.5 Å². The molecule has 0 saturated carbocycles. The van der Waals surface area contributed by atoms with Crippen LogP contribution in [-0.2, 0) is 24.2 Å². The zero-order valence-corrected chi connectivity index (χ0v) is 16.9. The lowest BCUT2D eigenvalue weighted by molar-refractivity contribution is 0.0531. The van der Waals surface area contributed by atoms with Crippen molar-refractivity contribution in [2.24, 2.45) is 0 Å². The van der Waals surface area contributed by atoms with Gasteiger partial charge in [-0.1, -0.05) is 12.1 Å². The topological polar surface area (TPSA) is 90.5 Å². The fourth-order valence-corrected chi connectivity index (χ4v) is 4.39. The van der Waals surface area contributed by atoms with E-state index in [9.17, 15) is 23.9 Å². The van der Waals surface area contributed by atoms with Crippen molar-refractivity contribution >= 4 is 27.5 Å². The third kappa shape index (κ3) is 4.01. The molecule has 29 heavy (non-hydrogen) atoms. The van der Waals surface area contributed by atoms with Crippen LogP contribution in [0.4, 0.5) is 4.39 Å². The summed E-state index contributed by atoms with van der Waals surface area (Å²) in [6, 6.07) is 5.94. The lowest BCUT2D eigenvalue weighted by atomic mass is 10.1. The molecule has 0 bridgehead atoms. The molecule has 0 aliphatic heterocycles. The number of aliphatic hydroxyl groups excluding tert-OH is 1. The first kappa shape index (κ1) is 20.9. The van der Waals surface area contributed by atoms with Crippen molar-refractivity contribution in [2.75, 3.05) is 13.2 Å². The van der Waals surface area contributed by atoms with Gasteiger partial charge in [-0.25, -0.2) is 14.0 Å². The van der Waals surface area contributed by atoms with Crippen LogP contribution in [0.2, 0.25) is 0 Å². The summed E-state index contributed by atoms with van der Waals surface area (Å²) in [4.78, 5) is 38.7. The summed E-state index contributed by atoms with van der Waals surface area (Å²) in [5.74, 6) is -0.894. The molecule has 0 fully saturated rings. The van der Waals surface area contributed by atoms with Crippen LogP contribution in [0.3, 0.4) is 0 Å². The standard InChI is InChI=1S/C20H21FN2O5S/c1-3-28-19(26)16-12(2)15-17(25)22(10-11-24)20(27)23(18(15)29-16)9-8-13-4-6-14(21)7-5-13/h4-7,24H,3,8-11H2,1-2H3. The minimum absolute atomic E-state index is 0.145. The summed E-state index contributed by atoms with van der Waals surface area (Å²) < 4.78 is 20.6. The van der Waals surface area contributed by atoms with Gasteiger partial charge in [0.2, 0.25) is 0 Å². The number of benzene rings is 1. The maximum atomic E-state index is 13.1. The van der Waals surface area contributed by atoms with Crippen LogP contribution in [0.25, 0.3) is 10.2 Å². The van der Waals surface area contributed by atoms with Gasteiger partial charge in [0.1, 0.15) is 15.5 Å². The average Bonchev–Trinajstić information content (AvgIpc) is 3.04. The Kier molecular flexibility index (Phi) is 6.29. The molecule has 3 aromatic rings. The van der Waals surface area contributed by atoms with Crippen LogP contribution in [0.5, 0.6) is 0 Å². The van der Waals surface area contributed by atoms with E-state index in [0.29, 0.717) is 16.8 Å². The first-order valence-electron chi connectivity index (χ1n) is 9.18. The molecule has 0 radical (unpaired) electrons. The molecule has 0 atom stereocenters. The van der Waals surface area contributed by atoms with Crippen LogP contribution in [-0.4, -0.2) is 33.4 Å². The van der Waals surface area contributed by atoms with Crippen molar-refractivity contribution < 1.29 is 19.0 Å². The van der Waals surface area contributed by atoms with Crippen molar-refractivity contribution in [3.8, 4) is 0 Å². The SMILES string of the molecule is CCOC(=O)c1sc2c(c1C)c(=O)n(CCO)c(=O)n2CCc1ccc(F)cc1. The lowest BCUT2D eigenvalue weighted by Gasteiger charge is -2.11. The van der Waals surface area contributed by atoms with Crippen molar-refractivity contribution in [1.29, 1.82) is 0 Å². The lowest BCUT2D eigenvalue weighted by Crippen LogP contribution is -2.40. The first-order chi connectivity index (χ1) is 13.9. The fourth-order valence-electron chi connectivity index (χ4n) is 3.17. The van der Waals surface area contributed by atoms with Crippen molar-refractivity contribution in [2.45, 2.75) is 33.4 Å². The number of ether oxygens (including phenoxy) is 1. The molecular formula is C20H21FN2O5S. The first-order valence-corrected chi connectivity index (χ1v) is 9.99. The van der Waals surface area contributed by atoms with Crippen LogP contribution in [0.15, 0.2) is 33.9 Å². The minimum Gasteiger partial charge on any atom is -0.462 e. The zero-order chi connectivity index (χ0) is 21.1. The van der Waals surface area contributed by atoms with Gasteiger partial charge in [-0.15, -0.1) is 11.3 Å². The molecule has 1 aromatic carbocycles. The second kappa shape index (κ2) is 8.71. The second-order valence-corrected chi connectivity index (χ2v) is 7.45. The van der Waals surface area contributed by atoms with Crippen LogP contribution in [0, 0.1) is 12.7 Å². The van der Waals surface area contributed by atoms with Crippen LogP contribution < -0.4 is 11.2 Å². The number of aliphatic hydroxyl groups is 1. The summed E-state index contributed by atoms with van der Waals surface area (Å²) in [7, 11) is 0. The number of rotatable bonds is 7. The van der Waals surface area contributed by atoms with Crippen molar-refractivity contribution in [3.63, 3.8) is 0 Å². The highest BCUT2D eigenvalue weighted by molar-refractivity contribution is 7.20. The second-order valence-electron chi connectivity index (χ2n) is 6.45. The molecule has 0 saturated heterocycles. The summed E-state index contributed by atoms with van der Waals surface area (Å²) in [6.07, 6.45) is 0.429. The maximum absolute atomic E-state index is 13.1. The van der Waals surface area contributed by atoms with E-state index < -0.39 is 17.2 Å². The highest BCUT2D eigenvalue weighted by atomic mass is 32.1. The Morgan fingerprint density at radius 2 is 1.86 bits per heavy atom. The fraction of sp³-hybridized carbons (Fsp3) is 0.350. The van der Waals surface area contributed by atoms with Crippen LogP contribution in [0.1, 0.15) is 27.7 Å². The molecule has 2 heterocycles. The highest BCUT2D eigenvalue weighted by Gasteiger charge is 2.23. The number of fused-ring (bicyclic) bond motifs is 1. The zero-order valence-electron chi connectivity index (χ0n) is 16.1. The monoisotopic (exact) mass is 420 g/mol. The molecule has 2 aromatic heterocycles. The quantitative estimate of drug-likeness (QED) is 0.591. The molecular weight excluding hydrogens is 399 g/mol. The number of hydrogen-bond acceptors (Lipinski definition) is 6. The van der Waals surface area contributed by atoms with Gasteiger partial charge in [0.25, 0.3) is 5.56 Å². The van der Waals surface area contributed by atoms with E-state index in [4.69, 9.17) is 4.74 Å². The van der Waals surface area contributed by atoms with E-state index in [0.717, 1.165) is 21.5 Å². The number of nitrogens with zero attached hydrogens (tertiary/aromatic N) is 2. The minimum atomic E-state index is -0.560. The summed E-state index contributed by atoms with van der Waals surface area (Å²) in [6.45, 7) is 3.24. The average molecular weight is 420 g/mol. The third-order valence-corrected chi connectivity index (χ3v) is 5.91. The normalized spacial score (nSPS) is 11.2. The van der Waals surface area contributed by atoms with E-state index in [1.165, 1.54) is 16.7 Å². The molecule has 1 N–H and O–H groups in total. The Morgan fingerprint density at radius 1 is 1.17 bits per heavy atom. The van der Waals surface area contributed by atoms with Gasteiger partial charge in [-0.2, -0.15) is 0 Å². The van der Waals surface area contributed by atoms with Crippen molar-refractivity contribution in [1.82, 2.24) is 9.13 Å². The summed E-state index contributed by atoms with van der Waals surface area (Å²) in [5, 5.41) is 9.55. The van der Waals surface area contributed by atoms with E-state index in [1.807, 2.05) is 0 Å². The number of thiophene rings is 1. The number of halogens is 1. The maximum Gasteiger partial charge on any atom is 0.348 e. The van der Waals surface area contributed by atoms with E-state index in [-0.39, 0.29) is 42.4 Å². The Labute approximate surface area is 169 Å². The van der Waals surface area contributed by atoms with E-state index in [2.05, 4.69) is 0 Å². The molecule has 0 amide bonds.